The highest BCUT2D eigenvalue weighted by molar-refractivity contribution is 5.94. The van der Waals surface area contributed by atoms with Gasteiger partial charge in [-0.05, 0) is 43.7 Å². The minimum Gasteiger partial charge on any atom is -0.491 e. The molecule has 0 bridgehead atoms. The van der Waals surface area contributed by atoms with E-state index < -0.39 is 4.92 Å². The predicted molar refractivity (Wildman–Crippen MR) is 86.5 cm³/mol. The summed E-state index contributed by atoms with van der Waals surface area (Å²) in [4.78, 5) is 22.1. The number of nitro benzene ring substituents is 1. The monoisotopic (exact) mass is 314 g/mol. The lowest BCUT2D eigenvalue weighted by Crippen LogP contribution is -2.22. The van der Waals surface area contributed by atoms with Gasteiger partial charge < -0.3 is 10.1 Å². The molecule has 2 aromatic rings. The summed E-state index contributed by atoms with van der Waals surface area (Å²) in [6.45, 7) is 4.29. The van der Waals surface area contributed by atoms with Crippen LogP contribution in [0.15, 0.2) is 48.5 Å². The Morgan fingerprint density at radius 3 is 2.26 bits per heavy atom. The van der Waals surface area contributed by atoms with Crippen LogP contribution < -0.4 is 10.1 Å². The summed E-state index contributed by atoms with van der Waals surface area (Å²) in [5, 5.41) is 13.4. The average Bonchev–Trinajstić information content (AvgIpc) is 2.53. The predicted octanol–water partition coefficient (Wildman–Crippen LogP) is 3.31. The molecule has 0 radical (unpaired) electrons. The van der Waals surface area contributed by atoms with Gasteiger partial charge >= 0.3 is 0 Å². The quantitative estimate of drug-likeness (QED) is 0.655. The molecule has 0 saturated carbocycles. The zero-order chi connectivity index (χ0) is 16.8. The van der Waals surface area contributed by atoms with E-state index in [1.165, 1.54) is 24.3 Å². The zero-order valence-electron chi connectivity index (χ0n) is 13.0. The molecule has 0 spiro atoms. The van der Waals surface area contributed by atoms with Crippen LogP contribution in [0, 0.1) is 10.1 Å². The summed E-state index contributed by atoms with van der Waals surface area (Å²) in [6, 6.07) is 13.0. The van der Waals surface area contributed by atoms with Crippen LogP contribution in [0.4, 0.5) is 5.69 Å². The number of nitrogens with zero attached hydrogens (tertiary/aromatic N) is 1. The van der Waals surface area contributed by atoms with Crippen molar-refractivity contribution in [2.24, 2.45) is 0 Å². The molecule has 6 nitrogen and oxygen atoms in total. The summed E-state index contributed by atoms with van der Waals surface area (Å²) in [5.41, 5.74) is 1.29. The van der Waals surface area contributed by atoms with Crippen molar-refractivity contribution in [2.45, 2.75) is 26.5 Å². The number of amides is 1. The van der Waals surface area contributed by atoms with Crippen LogP contribution in [0.2, 0.25) is 0 Å². The Kier molecular flexibility index (Phi) is 5.30. The minimum atomic E-state index is -0.498. The Morgan fingerprint density at radius 2 is 1.74 bits per heavy atom. The van der Waals surface area contributed by atoms with Crippen molar-refractivity contribution in [1.82, 2.24) is 5.32 Å². The maximum absolute atomic E-state index is 12.0. The number of hydrogen-bond acceptors (Lipinski definition) is 4. The topological polar surface area (TPSA) is 81.5 Å². The zero-order valence-corrected chi connectivity index (χ0v) is 13.0. The number of benzene rings is 2. The van der Waals surface area contributed by atoms with Crippen molar-refractivity contribution in [3.63, 3.8) is 0 Å². The lowest BCUT2D eigenvalue weighted by molar-refractivity contribution is -0.384. The molecule has 0 aromatic heterocycles. The van der Waals surface area contributed by atoms with Crippen molar-refractivity contribution in [3.05, 3.63) is 69.8 Å². The lowest BCUT2D eigenvalue weighted by atomic mass is 10.1. The molecule has 1 N–H and O–H groups in total. The molecule has 1 amide bonds. The van der Waals surface area contributed by atoms with E-state index in [0.717, 1.165) is 11.3 Å². The lowest BCUT2D eigenvalue weighted by Gasteiger charge is -2.10. The van der Waals surface area contributed by atoms with E-state index in [1.54, 1.807) is 0 Å². The molecular weight excluding hydrogens is 296 g/mol. The molecule has 23 heavy (non-hydrogen) atoms. The first-order valence-corrected chi connectivity index (χ1v) is 7.24. The first-order valence-electron chi connectivity index (χ1n) is 7.24. The first kappa shape index (κ1) is 16.5. The fraction of sp³-hybridized carbons (Fsp3) is 0.235. The van der Waals surface area contributed by atoms with E-state index in [4.69, 9.17) is 4.74 Å². The molecular formula is C17H18N2O4. The van der Waals surface area contributed by atoms with Crippen molar-refractivity contribution in [1.29, 1.82) is 0 Å². The number of non-ortho nitro benzene ring substituents is 1. The second-order valence-corrected chi connectivity index (χ2v) is 5.30. The Labute approximate surface area is 134 Å². The molecule has 0 aliphatic rings. The minimum absolute atomic E-state index is 0.0395. The highest BCUT2D eigenvalue weighted by Crippen LogP contribution is 2.14. The second kappa shape index (κ2) is 7.40. The Balaban J connectivity index is 1.92. The van der Waals surface area contributed by atoms with Gasteiger partial charge in [0.15, 0.2) is 0 Å². The molecule has 6 heteroatoms. The number of ether oxygens (including phenoxy) is 1. The summed E-state index contributed by atoms with van der Waals surface area (Å²) >= 11 is 0. The van der Waals surface area contributed by atoms with Crippen molar-refractivity contribution < 1.29 is 14.5 Å². The van der Waals surface area contributed by atoms with Gasteiger partial charge in [-0.25, -0.2) is 0 Å². The van der Waals surface area contributed by atoms with E-state index in [2.05, 4.69) is 5.32 Å². The number of hydrogen-bond donors (Lipinski definition) is 1. The highest BCUT2D eigenvalue weighted by Gasteiger charge is 2.09. The fourth-order valence-corrected chi connectivity index (χ4v) is 1.98. The van der Waals surface area contributed by atoms with E-state index in [1.807, 2.05) is 38.1 Å². The largest absolute Gasteiger partial charge is 0.491 e. The van der Waals surface area contributed by atoms with E-state index >= 15 is 0 Å². The van der Waals surface area contributed by atoms with Crippen molar-refractivity contribution in [3.8, 4) is 5.75 Å². The molecule has 0 fully saturated rings. The first-order chi connectivity index (χ1) is 11.0. The molecule has 2 rings (SSSR count). The van der Waals surface area contributed by atoms with Gasteiger partial charge in [0.2, 0.25) is 0 Å². The number of carbonyl (C=O) groups excluding carboxylic acids is 1. The smallest absolute Gasteiger partial charge is 0.269 e. The van der Waals surface area contributed by atoms with Crippen LogP contribution in [-0.2, 0) is 6.54 Å². The standard InChI is InChI=1S/C17H18N2O4/c1-12(2)23-16-9-3-13(4-10-16)11-18-17(20)14-5-7-15(8-6-14)19(21)22/h3-10,12H,11H2,1-2H3,(H,18,20). The summed E-state index contributed by atoms with van der Waals surface area (Å²) in [7, 11) is 0. The molecule has 120 valence electrons. The molecule has 0 heterocycles. The van der Waals surface area contributed by atoms with Crippen LogP contribution in [0.1, 0.15) is 29.8 Å². The molecule has 0 saturated heterocycles. The number of nitrogens with one attached hydrogen (secondary N) is 1. The van der Waals surface area contributed by atoms with Gasteiger partial charge in [-0.1, -0.05) is 12.1 Å². The highest BCUT2D eigenvalue weighted by atomic mass is 16.6. The summed E-state index contributed by atoms with van der Waals surface area (Å²) in [5.74, 6) is 0.507. The summed E-state index contributed by atoms with van der Waals surface area (Å²) in [6.07, 6.45) is 0.114. The van der Waals surface area contributed by atoms with Crippen LogP contribution in [0.25, 0.3) is 0 Å². The molecule has 0 atom stereocenters. The Morgan fingerprint density at radius 1 is 1.13 bits per heavy atom. The van der Waals surface area contributed by atoms with Gasteiger partial charge in [-0.3, -0.25) is 14.9 Å². The normalized spacial score (nSPS) is 10.4. The van der Waals surface area contributed by atoms with Crippen LogP contribution >= 0.6 is 0 Å². The average molecular weight is 314 g/mol. The van der Waals surface area contributed by atoms with E-state index in [9.17, 15) is 14.9 Å². The Hall–Kier alpha value is -2.89. The third-order valence-corrected chi connectivity index (χ3v) is 3.09. The maximum Gasteiger partial charge on any atom is 0.269 e. The Bertz CT molecular complexity index is 679. The number of carbonyl (C=O) groups is 1. The van der Waals surface area contributed by atoms with Gasteiger partial charge in [0.05, 0.1) is 11.0 Å². The third kappa shape index (κ3) is 4.81. The molecule has 0 aliphatic carbocycles. The van der Waals surface area contributed by atoms with Gasteiger partial charge in [0, 0.05) is 24.2 Å². The van der Waals surface area contributed by atoms with Crippen LogP contribution in [0.3, 0.4) is 0 Å². The third-order valence-electron chi connectivity index (χ3n) is 3.09. The second-order valence-electron chi connectivity index (χ2n) is 5.30. The number of nitro groups is 1. The van der Waals surface area contributed by atoms with Crippen molar-refractivity contribution >= 4 is 11.6 Å². The molecule has 2 aromatic carbocycles. The fourth-order valence-electron chi connectivity index (χ4n) is 1.98. The van der Waals surface area contributed by atoms with E-state index in [0.29, 0.717) is 12.1 Å². The molecule has 0 aliphatic heterocycles. The maximum atomic E-state index is 12.0. The van der Waals surface area contributed by atoms with Gasteiger partial charge in [-0.15, -0.1) is 0 Å². The summed E-state index contributed by atoms with van der Waals surface area (Å²) < 4.78 is 5.55. The SMILES string of the molecule is CC(C)Oc1ccc(CNC(=O)c2ccc([N+](=O)[O-])cc2)cc1. The van der Waals surface area contributed by atoms with Crippen molar-refractivity contribution in [2.75, 3.05) is 0 Å². The van der Waals surface area contributed by atoms with E-state index in [-0.39, 0.29) is 17.7 Å². The van der Waals surface area contributed by atoms with Gasteiger partial charge in [0.1, 0.15) is 5.75 Å². The van der Waals surface area contributed by atoms with Gasteiger partial charge in [0.25, 0.3) is 11.6 Å². The van der Waals surface area contributed by atoms with Crippen LogP contribution in [-0.4, -0.2) is 16.9 Å². The molecule has 0 unspecified atom stereocenters. The van der Waals surface area contributed by atoms with Crippen LogP contribution in [0.5, 0.6) is 5.75 Å². The number of rotatable bonds is 6. The van der Waals surface area contributed by atoms with Gasteiger partial charge in [-0.2, -0.15) is 0 Å².